The van der Waals surface area contributed by atoms with E-state index in [0.29, 0.717) is 0 Å². The maximum absolute atomic E-state index is 6.52. The van der Waals surface area contributed by atoms with Crippen LogP contribution in [0, 0.1) is 13.8 Å². The molecule has 0 radical (unpaired) electrons. The fourth-order valence-electron chi connectivity index (χ4n) is 8.04. The van der Waals surface area contributed by atoms with Crippen molar-refractivity contribution in [3.8, 4) is 0 Å². The first-order valence-corrected chi connectivity index (χ1v) is 20.7. The molecule has 242 valence electrons. The van der Waals surface area contributed by atoms with Crippen molar-refractivity contribution in [2.75, 3.05) is 9.80 Å². The molecule has 3 nitrogen and oxygen atoms in total. The molecule has 0 amide bonds. The van der Waals surface area contributed by atoms with Crippen LogP contribution in [0.4, 0.5) is 34.1 Å². The maximum atomic E-state index is 6.52. The van der Waals surface area contributed by atoms with E-state index in [2.05, 4.69) is 169 Å². The zero-order valence-corrected chi connectivity index (χ0v) is 31.4. The molecule has 0 bridgehead atoms. The first-order valence-electron chi connectivity index (χ1n) is 17.3. The van der Waals surface area contributed by atoms with Gasteiger partial charge < -0.3 is 0 Å². The number of furan rings is 1. The van der Waals surface area contributed by atoms with Gasteiger partial charge in [0.05, 0.1) is 0 Å². The molecule has 8 aromatic carbocycles. The monoisotopic (exact) mass is 786 g/mol. The van der Waals surface area contributed by atoms with E-state index < -0.39 is 0 Å². The van der Waals surface area contributed by atoms with Crippen molar-refractivity contribution in [3.05, 3.63) is 157 Å². The Balaban J connectivity index is 1.25. The van der Waals surface area contributed by atoms with Crippen LogP contribution >= 0.6 is 0 Å². The second kappa shape index (κ2) is 11.1. The van der Waals surface area contributed by atoms with E-state index >= 15 is 0 Å². The van der Waals surface area contributed by atoms with Gasteiger partial charge in [0, 0.05) is 0 Å². The van der Waals surface area contributed by atoms with E-state index in [1.165, 1.54) is 95.4 Å². The number of benzene rings is 8. The third-order valence-corrected chi connectivity index (χ3v) is 14.9. The zero-order valence-electron chi connectivity index (χ0n) is 28.0. The Morgan fingerprint density at radius 1 is 0.373 bits per heavy atom. The van der Waals surface area contributed by atoms with E-state index in [9.17, 15) is 0 Å². The average molecular weight is 785 g/mol. The Bertz CT molecular complexity index is 2820. The zero-order chi connectivity index (χ0) is 33.8. The summed E-state index contributed by atoms with van der Waals surface area (Å²) in [5.74, 6) is 0. The van der Waals surface area contributed by atoms with Gasteiger partial charge in [0.15, 0.2) is 0 Å². The van der Waals surface area contributed by atoms with Crippen molar-refractivity contribution in [2.45, 2.75) is 13.8 Å². The van der Waals surface area contributed by atoms with Gasteiger partial charge in [0.2, 0.25) is 0 Å². The van der Waals surface area contributed by atoms with Crippen LogP contribution in [0.25, 0.3) is 43.5 Å². The van der Waals surface area contributed by atoms with Crippen molar-refractivity contribution in [1.29, 1.82) is 0 Å². The topological polar surface area (TPSA) is 19.6 Å². The number of fused-ring (bicyclic) bond motifs is 9. The van der Waals surface area contributed by atoms with Gasteiger partial charge >= 0.3 is 310 Å². The van der Waals surface area contributed by atoms with Gasteiger partial charge in [-0.2, -0.15) is 0 Å². The van der Waals surface area contributed by atoms with Gasteiger partial charge in [-0.3, -0.25) is 0 Å². The van der Waals surface area contributed by atoms with Crippen LogP contribution in [0.15, 0.2) is 150 Å². The molecule has 2 aliphatic heterocycles. The number of rotatable bonds is 2. The summed E-state index contributed by atoms with van der Waals surface area (Å²) in [6.07, 6.45) is 0. The standard InChI is InChI=1S/C46H30N2OSe2/c1-27-19-21-36-42(23-27)51-43-24-28(2)20-22-37(43)47(36)45-30-12-3-5-14-32(30)46(33-15-6-4-13-31(33)45)48-35-16-8-10-18-41(35)50-44-25-34-29-11-7-9-17-39(29)49-40(34)26-38(44)48/h3-26H,1-2H3. The molecule has 5 heteroatoms. The van der Waals surface area contributed by atoms with Crippen molar-refractivity contribution in [1.82, 2.24) is 0 Å². The molecule has 2 aliphatic rings. The Kier molecular flexibility index (Phi) is 6.41. The van der Waals surface area contributed by atoms with Gasteiger partial charge in [-0.05, 0) is 0 Å². The molecular weight excluding hydrogens is 754 g/mol. The Labute approximate surface area is 308 Å². The normalized spacial score (nSPS) is 13.5. The molecular formula is C46H30N2OSe2. The van der Waals surface area contributed by atoms with Gasteiger partial charge in [0.25, 0.3) is 0 Å². The molecule has 51 heavy (non-hydrogen) atoms. The van der Waals surface area contributed by atoms with Crippen LogP contribution in [-0.2, 0) is 0 Å². The summed E-state index contributed by atoms with van der Waals surface area (Å²) >= 11 is 0.357. The average Bonchev–Trinajstić information content (AvgIpc) is 3.52. The minimum atomic E-state index is 0.139. The Morgan fingerprint density at radius 2 is 0.843 bits per heavy atom. The molecule has 0 aliphatic carbocycles. The van der Waals surface area contributed by atoms with E-state index in [1.54, 1.807) is 0 Å². The van der Waals surface area contributed by atoms with Crippen LogP contribution < -0.4 is 27.6 Å². The molecule has 9 aromatic rings. The molecule has 0 saturated heterocycles. The number of aryl methyl sites for hydroxylation is 2. The summed E-state index contributed by atoms with van der Waals surface area (Å²) in [5.41, 5.74) is 11.9. The predicted octanol–water partition coefficient (Wildman–Crippen LogP) is 9.39. The van der Waals surface area contributed by atoms with E-state index in [1.807, 2.05) is 0 Å². The van der Waals surface area contributed by atoms with E-state index in [0.717, 1.165) is 11.2 Å². The molecule has 3 heterocycles. The number of hydrogen-bond donors (Lipinski definition) is 0. The van der Waals surface area contributed by atoms with Crippen LogP contribution in [0.5, 0.6) is 0 Å². The van der Waals surface area contributed by atoms with Crippen molar-refractivity contribution < 1.29 is 4.42 Å². The molecule has 0 saturated carbocycles. The minimum absolute atomic E-state index is 0.139. The third kappa shape index (κ3) is 4.37. The molecule has 0 atom stereocenters. The summed E-state index contributed by atoms with van der Waals surface area (Å²) in [6.45, 7) is 4.42. The molecule has 0 unspecified atom stereocenters. The number of nitrogens with zero attached hydrogens (tertiary/aromatic N) is 2. The van der Waals surface area contributed by atoms with Crippen LogP contribution in [0.1, 0.15) is 11.1 Å². The van der Waals surface area contributed by atoms with E-state index in [-0.39, 0.29) is 29.9 Å². The predicted molar refractivity (Wildman–Crippen MR) is 218 cm³/mol. The number of hydrogen-bond acceptors (Lipinski definition) is 3. The fourth-order valence-corrected chi connectivity index (χ4v) is 12.9. The van der Waals surface area contributed by atoms with Crippen molar-refractivity contribution in [2.24, 2.45) is 0 Å². The third-order valence-electron chi connectivity index (χ3n) is 10.3. The molecule has 0 fully saturated rings. The molecule has 11 rings (SSSR count). The van der Waals surface area contributed by atoms with Gasteiger partial charge in [-0.1, -0.05) is 0 Å². The molecule has 0 N–H and O–H groups in total. The number of anilines is 6. The van der Waals surface area contributed by atoms with Crippen LogP contribution in [0.2, 0.25) is 0 Å². The van der Waals surface area contributed by atoms with Crippen molar-refractivity contribution >= 4 is 125 Å². The van der Waals surface area contributed by atoms with Gasteiger partial charge in [-0.15, -0.1) is 0 Å². The summed E-state index contributed by atoms with van der Waals surface area (Å²) < 4.78 is 12.1. The SMILES string of the molecule is Cc1ccc2c(c1)[Se]c1cc(C)ccc1N2c1c2ccccc2c(N2c3ccccc3[Se]c3cc4c(cc32)oc2ccccc24)c2ccccc12. The van der Waals surface area contributed by atoms with Gasteiger partial charge in [-0.25, -0.2) is 0 Å². The number of para-hydroxylation sites is 2. The second-order valence-electron chi connectivity index (χ2n) is 13.5. The van der Waals surface area contributed by atoms with Crippen LogP contribution in [-0.4, -0.2) is 29.9 Å². The second-order valence-corrected chi connectivity index (χ2v) is 18.0. The van der Waals surface area contributed by atoms with Crippen molar-refractivity contribution in [3.63, 3.8) is 0 Å². The quantitative estimate of drug-likeness (QED) is 0.129. The molecule has 0 spiro atoms. The summed E-state index contributed by atoms with van der Waals surface area (Å²) in [5, 5.41) is 7.28. The van der Waals surface area contributed by atoms with Crippen LogP contribution in [0.3, 0.4) is 0 Å². The van der Waals surface area contributed by atoms with E-state index in [4.69, 9.17) is 4.42 Å². The van der Waals surface area contributed by atoms with Gasteiger partial charge in [0.1, 0.15) is 0 Å². The Morgan fingerprint density at radius 3 is 1.47 bits per heavy atom. The summed E-state index contributed by atoms with van der Waals surface area (Å²) in [7, 11) is 0. The molecule has 1 aromatic heterocycles. The summed E-state index contributed by atoms with van der Waals surface area (Å²) in [6, 6.07) is 54.2. The Hall–Kier alpha value is -5.28. The fraction of sp³-hybridized carbons (Fsp3) is 0.0435. The first kappa shape index (κ1) is 29.4. The first-order chi connectivity index (χ1) is 25.1. The summed E-state index contributed by atoms with van der Waals surface area (Å²) in [4.78, 5) is 5.09.